The Kier molecular flexibility index (Phi) is 4.83. The third kappa shape index (κ3) is 3.93. The van der Waals surface area contributed by atoms with Crippen molar-refractivity contribution in [3.63, 3.8) is 0 Å². The Morgan fingerprint density at radius 1 is 0.920 bits per heavy atom. The normalized spacial score (nSPS) is 18.8. The molecule has 0 N–H and O–H groups in total. The van der Waals surface area contributed by atoms with Gasteiger partial charge in [-0.05, 0) is 31.4 Å². The number of rotatable bonds is 4. The van der Waals surface area contributed by atoms with E-state index in [9.17, 15) is 0 Å². The van der Waals surface area contributed by atoms with Crippen molar-refractivity contribution in [1.82, 2.24) is 14.9 Å². The van der Waals surface area contributed by atoms with Gasteiger partial charge in [-0.25, -0.2) is 4.98 Å². The van der Waals surface area contributed by atoms with Gasteiger partial charge in [0.05, 0.1) is 0 Å². The van der Waals surface area contributed by atoms with Crippen LogP contribution in [-0.4, -0.2) is 54.1 Å². The maximum Gasteiger partial charge on any atom is 0.227 e. The molecule has 1 aromatic heterocycles. The van der Waals surface area contributed by atoms with E-state index >= 15 is 0 Å². The molecule has 0 bridgehead atoms. The van der Waals surface area contributed by atoms with Crippen LogP contribution in [-0.2, 0) is 6.54 Å². The van der Waals surface area contributed by atoms with Crippen LogP contribution in [0, 0.1) is 6.92 Å². The predicted octanol–water partition coefficient (Wildman–Crippen LogP) is 2.71. The lowest BCUT2D eigenvalue weighted by molar-refractivity contribution is 0.248. The van der Waals surface area contributed by atoms with Gasteiger partial charge >= 0.3 is 0 Å². The largest absolute Gasteiger partial charge is 0.356 e. The molecule has 0 aliphatic carbocycles. The number of anilines is 2. The van der Waals surface area contributed by atoms with Gasteiger partial charge in [-0.15, -0.1) is 0 Å². The number of aromatic nitrogens is 2. The molecular formula is C20H27N5. The van der Waals surface area contributed by atoms with E-state index < -0.39 is 0 Å². The van der Waals surface area contributed by atoms with Crippen molar-refractivity contribution in [2.75, 3.05) is 49.1 Å². The lowest BCUT2D eigenvalue weighted by Crippen LogP contribution is -2.46. The summed E-state index contributed by atoms with van der Waals surface area (Å²) in [7, 11) is 0. The summed E-state index contributed by atoms with van der Waals surface area (Å²) >= 11 is 0. The third-order valence-corrected chi connectivity index (χ3v) is 5.20. The summed E-state index contributed by atoms with van der Waals surface area (Å²) in [5.41, 5.74) is 2.74. The topological polar surface area (TPSA) is 35.5 Å². The summed E-state index contributed by atoms with van der Waals surface area (Å²) < 4.78 is 0. The zero-order valence-electron chi connectivity index (χ0n) is 15.1. The highest BCUT2D eigenvalue weighted by Crippen LogP contribution is 2.20. The summed E-state index contributed by atoms with van der Waals surface area (Å²) in [6, 6.07) is 10.9. The lowest BCUT2D eigenvalue weighted by Gasteiger charge is -2.35. The summed E-state index contributed by atoms with van der Waals surface area (Å²) in [6.07, 6.45) is 4.46. The second-order valence-corrected chi connectivity index (χ2v) is 7.16. The number of hydrogen-bond acceptors (Lipinski definition) is 5. The second-order valence-electron chi connectivity index (χ2n) is 7.16. The van der Waals surface area contributed by atoms with Gasteiger partial charge in [0.1, 0.15) is 5.82 Å². The summed E-state index contributed by atoms with van der Waals surface area (Å²) in [5, 5.41) is 0. The van der Waals surface area contributed by atoms with Crippen molar-refractivity contribution in [3.05, 3.63) is 47.7 Å². The molecule has 2 saturated heterocycles. The average Bonchev–Trinajstić information content (AvgIpc) is 3.17. The Morgan fingerprint density at radius 3 is 2.48 bits per heavy atom. The molecule has 4 rings (SSSR count). The Hall–Kier alpha value is -2.14. The quantitative estimate of drug-likeness (QED) is 0.857. The maximum atomic E-state index is 4.82. The fourth-order valence-corrected chi connectivity index (χ4v) is 3.79. The summed E-state index contributed by atoms with van der Waals surface area (Å²) in [6.45, 7) is 9.55. The van der Waals surface area contributed by atoms with Crippen molar-refractivity contribution in [2.45, 2.75) is 26.3 Å². The van der Waals surface area contributed by atoms with Gasteiger partial charge in [-0.2, -0.15) is 4.98 Å². The fourth-order valence-electron chi connectivity index (χ4n) is 3.79. The molecule has 5 nitrogen and oxygen atoms in total. The van der Waals surface area contributed by atoms with E-state index in [1.807, 2.05) is 12.3 Å². The SMILES string of the molecule is Cc1cccc(CN2CCN(c3nccc(N4CCCC4)n3)CC2)c1. The minimum absolute atomic E-state index is 0.889. The van der Waals surface area contributed by atoms with Gasteiger partial charge in [-0.1, -0.05) is 29.8 Å². The summed E-state index contributed by atoms with van der Waals surface area (Å²) in [4.78, 5) is 16.6. The van der Waals surface area contributed by atoms with Crippen LogP contribution in [0.1, 0.15) is 24.0 Å². The van der Waals surface area contributed by atoms with Crippen LogP contribution in [0.2, 0.25) is 0 Å². The Labute approximate surface area is 150 Å². The zero-order valence-corrected chi connectivity index (χ0v) is 15.1. The molecule has 3 heterocycles. The van der Waals surface area contributed by atoms with E-state index in [0.29, 0.717) is 0 Å². The molecular weight excluding hydrogens is 310 g/mol. The lowest BCUT2D eigenvalue weighted by atomic mass is 10.1. The van der Waals surface area contributed by atoms with Gasteiger partial charge in [0.2, 0.25) is 5.95 Å². The Morgan fingerprint density at radius 2 is 1.72 bits per heavy atom. The highest BCUT2D eigenvalue weighted by Gasteiger charge is 2.20. The first-order chi connectivity index (χ1) is 12.3. The van der Waals surface area contributed by atoms with Gasteiger partial charge in [0.25, 0.3) is 0 Å². The molecule has 0 spiro atoms. The molecule has 1 aromatic carbocycles. The van der Waals surface area contributed by atoms with Gasteiger partial charge in [0.15, 0.2) is 0 Å². The molecule has 2 aliphatic heterocycles. The zero-order chi connectivity index (χ0) is 17.1. The first kappa shape index (κ1) is 16.3. The van der Waals surface area contributed by atoms with Crippen molar-refractivity contribution < 1.29 is 0 Å². The molecule has 2 fully saturated rings. The molecule has 0 amide bonds. The van der Waals surface area contributed by atoms with Crippen LogP contribution in [0.3, 0.4) is 0 Å². The van der Waals surface area contributed by atoms with E-state index in [1.165, 1.54) is 24.0 Å². The minimum Gasteiger partial charge on any atom is -0.356 e. The highest BCUT2D eigenvalue weighted by molar-refractivity contribution is 5.44. The standard InChI is InChI=1S/C20H27N5/c1-17-5-4-6-18(15-17)16-23-11-13-25(14-12-23)20-21-8-7-19(22-20)24-9-2-3-10-24/h4-8,15H,2-3,9-14,16H2,1H3. The van der Waals surface area contributed by atoms with Crippen molar-refractivity contribution in [3.8, 4) is 0 Å². The van der Waals surface area contributed by atoms with E-state index in [0.717, 1.165) is 57.6 Å². The molecule has 2 aliphatic rings. The predicted molar refractivity (Wildman–Crippen MR) is 102 cm³/mol. The molecule has 25 heavy (non-hydrogen) atoms. The smallest absolute Gasteiger partial charge is 0.227 e. The molecule has 0 unspecified atom stereocenters. The molecule has 0 atom stereocenters. The average molecular weight is 337 g/mol. The number of nitrogens with zero attached hydrogens (tertiary/aromatic N) is 5. The highest BCUT2D eigenvalue weighted by atomic mass is 15.3. The number of piperazine rings is 1. The minimum atomic E-state index is 0.889. The van der Waals surface area contributed by atoms with Crippen molar-refractivity contribution in [1.29, 1.82) is 0 Å². The van der Waals surface area contributed by atoms with Crippen LogP contribution >= 0.6 is 0 Å². The van der Waals surface area contributed by atoms with Gasteiger partial charge < -0.3 is 9.80 Å². The van der Waals surface area contributed by atoms with Crippen molar-refractivity contribution >= 4 is 11.8 Å². The molecule has 2 aromatic rings. The van der Waals surface area contributed by atoms with E-state index in [2.05, 4.69) is 50.9 Å². The molecule has 5 heteroatoms. The van der Waals surface area contributed by atoms with Gasteiger partial charge in [0, 0.05) is 52.0 Å². The van der Waals surface area contributed by atoms with Crippen LogP contribution in [0.15, 0.2) is 36.5 Å². The maximum absolute atomic E-state index is 4.82. The molecule has 0 saturated carbocycles. The van der Waals surface area contributed by atoms with E-state index in [-0.39, 0.29) is 0 Å². The van der Waals surface area contributed by atoms with Gasteiger partial charge in [-0.3, -0.25) is 4.90 Å². The van der Waals surface area contributed by atoms with E-state index in [1.54, 1.807) is 0 Å². The third-order valence-electron chi connectivity index (χ3n) is 5.20. The van der Waals surface area contributed by atoms with Crippen LogP contribution in [0.5, 0.6) is 0 Å². The van der Waals surface area contributed by atoms with Crippen LogP contribution < -0.4 is 9.80 Å². The first-order valence-electron chi connectivity index (χ1n) is 9.39. The van der Waals surface area contributed by atoms with Crippen LogP contribution in [0.25, 0.3) is 0 Å². The monoisotopic (exact) mass is 337 g/mol. The molecule has 0 radical (unpaired) electrons. The number of benzene rings is 1. The first-order valence-corrected chi connectivity index (χ1v) is 9.39. The van der Waals surface area contributed by atoms with Crippen LogP contribution in [0.4, 0.5) is 11.8 Å². The van der Waals surface area contributed by atoms with E-state index in [4.69, 9.17) is 4.98 Å². The Balaban J connectivity index is 1.36. The number of aryl methyl sites for hydroxylation is 1. The fraction of sp³-hybridized carbons (Fsp3) is 0.500. The van der Waals surface area contributed by atoms with Crippen molar-refractivity contribution in [2.24, 2.45) is 0 Å². The summed E-state index contributed by atoms with van der Waals surface area (Å²) in [5.74, 6) is 1.98. The number of hydrogen-bond donors (Lipinski definition) is 0. The Bertz CT molecular complexity index is 703. The second kappa shape index (κ2) is 7.40. The molecule has 132 valence electrons.